The minimum absolute atomic E-state index is 0.770. The molecule has 0 saturated carbocycles. The number of nitrogens with zero attached hydrogens (tertiary/aromatic N) is 1. The van der Waals surface area contributed by atoms with Crippen LogP contribution >= 0.6 is 0 Å². The molecule has 88 valence electrons. The second-order valence-corrected chi connectivity index (χ2v) is 5.26. The predicted octanol–water partition coefficient (Wildman–Crippen LogP) is 2.99. The molecular formula is C14H22N2. The van der Waals surface area contributed by atoms with E-state index in [9.17, 15) is 0 Å². The smallest absolute Gasteiger partial charge is 0.0420 e. The number of hydrogen-bond acceptors (Lipinski definition) is 2. The standard InChI is InChI=1S/C14H22N2/c1-10(2)4-6-16-7-5-12-8-11(3)13(15)9-14(12)16/h8-10H,4-7,15H2,1-3H3. The topological polar surface area (TPSA) is 29.3 Å². The van der Waals surface area contributed by atoms with Crippen LogP contribution in [0.15, 0.2) is 12.1 Å². The molecule has 1 aromatic carbocycles. The molecule has 0 aromatic heterocycles. The van der Waals surface area contributed by atoms with Crippen LogP contribution in [-0.4, -0.2) is 13.1 Å². The maximum absolute atomic E-state index is 5.98. The highest BCUT2D eigenvalue weighted by Crippen LogP contribution is 2.32. The maximum Gasteiger partial charge on any atom is 0.0420 e. The Morgan fingerprint density at radius 3 is 2.81 bits per heavy atom. The Kier molecular flexibility index (Phi) is 3.08. The van der Waals surface area contributed by atoms with Crippen LogP contribution in [0.1, 0.15) is 31.4 Å². The molecule has 1 aliphatic heterocycles. The summed E-state index contributed by atoms with van der Waals surface area (Å²) >= 11 is 0. The minimum atomic E-state index is 0.770. The van der Waals surface area contributed by atoms with Crippen molar-refractivity contribution in [2.75, 3.05) is 23.7 Å². The number of nitrogen functional groups attached to an aromatic ring is 1. The molecule has 0 unspecified atom stereocenters. The fraction of sp³-hybridized carbons (Fsp3) is 0.571. The summed E-state index contributed by atoms with van der Waals surface area (Å²) in [5.41, 5.74) is 11.0. The molecule has 2 nitrogen and oxygen atoms in total. The van der Waals surface area contributed by atoms with Gasteiger partial charge in [0.25, 0.3) is 0 Å². The average molecular weight is 218 g/mol. The molecular weight excluding hydrogens is 196 g/mol. The van der Waals surface area contributed by atoms with E-state index in [1.54, 1.807) is 0 Å². The van der Waals surface area contributed by atoms with Crippen molar-refractivity contribution in [2.24, 2.45) is 5.92 Å². The third-order valence-electron chi connectivity index (χ3n) is 3.44. The van der Waals surface area contributed by atoms with E-state index in [0.717, 1.165) is 24.7 Å². The number of aryl methyl sites for hydroxylation is 1. The highest BCUT2D eigenvalue weighted by molar-refractivity contribution is 5.67. The Morgan fingerprint density at radius 1 is 1.38 bits per heavy atom. The van der Waals surface area contributed by atoms with Gasteiger partial charge in [-0.25, -0.2) is 0 Å². The van der Waals surface area contributed by atoms with Crippen molar-refractivity contribution in [1.29, 1.82) is 0 Å². The number of anilines is 2. The Morgan fingerprint density at radius 2 is 2.12 bits per heavy atom. The third kappa shape index (κ3) is 2.16. The molecule has 0 fully saturated rings. The van der Waals surface area contributed by atoms with E-state index >= 15 is 0 Å². The average Bonchev–Trinajstić information content (AvgIpc) is 2.58. The molecule has 2 heteroatoms. The quantitative estimate of drug-likeness (QED) is 0.790. The second kappa shape index (κ2) is 4.36. The Labute approximate surface area is 98.4 Å². The van der Waals surface area contributed by atoms with Gasteiger partial charge in [-0.2, -0.15) is 0 Å². The summed E-state index contributed by atoms with van der Waals surface area (Å²) in [6.45, 7) is 8.96. The zero-order valence-electron chi connectivity index (χ0n) is 10.6. The monoisotopic (exact) mass is 218 g/mol. The highest BCUT2D eigenvalue weighted by Gasteiger charge is 2.19. The number of benzene rings is 1. The first-order valence-corrected chi connectivity index (χ1v) is 6.22. The largest absolute Gasteiger partial charge is 0.398 e. The fourth-order valence-corrected chi connectivity index (χ4v) is 2.29. The first-order chi connectivity index (χ1) is 7.58. The molecule has 0 saturated heterocycles. The van der Waals surface area contributed by atoms with E-state index in [0.29, 0.717) is 0 Å². The van der Waals surface area contributed by atoms with Crippen LogP contribution in [0.2, 0.25) is 0 Å². The first-order valence-electron chi connectivity index (χ1n) is 6.22. The zero-order chi connectivity index (χ0) is 11.7. The van der Waals surface area contributed by atoms with Gasteiger partial charge in [0.2, 0.25) is 0 Å². The lowest BCUT2D eigenvalue weighted by Gasteiger charge is -2.21. The lowest BCUT2D eigenvalue weighted by atomic mass is 10.1. The van der Waals surface area contributed by atoms with Crippen LogP contribution in [-0.2, 0) is 6.42 Å². The summed E-state index contributed by atoms with van der Waals surface area (Å²) in [5.74, 6) is 0.770. The van der Waals surface area contributed by atoms with E-state index < -0.39 is 0 Å². The van der Waals surface area contributed by atoms with Crippen molar-refractivity contribution < 1.29 is 0 Å². The molecule has 1 aromatic rings. The van der Waals surface area contributed by atoms with Crippen LogP contribution in [0.5, 0.6) is 0 Å². The van der Waals surface area contributed by atoms with Gasteiger partial charge in [-0.3, -0.25) is 0 Å². The van der Waals surface area contributed by atoms with Gasteiger partial charge >= 0.3 is 0 Å². The third-order valence-corrected chi connectivity index (χ3v) is 3.44. The van der Waals surface area contributed by atoms with Gasteiger partial charge in [0.05, 0.1) is 0 Å². The normalized spacial score (nSPS) is 14.6. The first kappa shape index (κ1) is 11.3. The van der Waals surface area contributed by atoms with Gasteiger partial charge in [0.15, 0.2) is 0 Å². The van der Waals surface area contributed by atoms with Crippen molar-refractivity contribution in [1.82, 2.24) is 0 Å². The van der Waals surface area contributed by atoms with Crippen LogP contribution in [0.4, 0.5) is 11.4 Å². The molecule has 1 aliphatic rings. The summed E-state index contributed by atoms with van der Waals surface area (Å²) in [5, 5.41) is 0. The van der Waals surface area contributed by atoms with Crippen LogP contribution < -0.4 is 10.6 Å². The Bertz CT molecular complexity index is 383. The van der Waals surface area contributed by atoms with Gasteiger partial charge in [-0.1, -0.05) is 19.9 Å². The SMILES string of the molecule is Cc1cc2c(cc1N)N(CCC(C)C)CC2. The Hall–Kier alpha value is -1.18. The van der Waals surface area contributed by atoms with E-state index in [-0.39, 0.29) is 0 Å². The summed E-state index contributed by atoms with van der Waals surface area (Å²) in [6, 6.07) is 4.40. The second-order valence-electron chi connectivity index (χ2n) is 5.26. The van der Waals surface area contributed by atoms with E-state index in [2.05, 4.69) is 37.8 Å². The molecule has 1 heterocycles. The van der Waals surface area contributed by atoms with Crippen molar-refractivity contribution in [3.05, 3.63) is 23.3 Å². The molecule has 2 N–H and O–H groups in total. The summed E-state index contributed by atoms with van der Waals surface area (Å²) in [6.07, 6.45) is 2.43. The number of hydrogen-bond donors (Lipinski definition) is 1. The summed E-state index contributed by atoms with van der Waals surface area (Å²) in [4.78, 5) is 2.48. The van der Waals surface area contributed by atoms with Gasteiger partial charge in [0, 0.05) is 24.5 Å². The summed E-state index contributed by atoms with van der Waals surface area (Å²) in [7, 11) is 0. The minimum Gasteiger partial charge on any atom is -0.398 e. The van der Waals surface area contributed by atoms with E-state index in [4.69, 9.17) is 5.73 Å². The van der Waals surface area contributed by atoms with Gasteiger partial charge in [-0.05, 0) is 42.9 Å². The number of nitrogens with two attached hydrogens (primary N) is 1. The predicted molar refractivity (Wildman–Crippen MR) is 71.0 cm³/mol. The molecule has 2 rings (SSSR count). The molecule has 0 bridgehead atoms. The molecule has 0 aliphatic carbocycles. The van der Waals surface area contributed by atoms with Crippen molar-refractivity contribution in [3.63, 3.8) is 0 Å². The Balaban J connectivity index is 2.16. The van der Waals surface area contributed by atoms with Crippen LogP contribution in [0.3, 0.4) is 0 Å². The van der Waals surface area contributed by atoms with E-state index in [1.165, 1.54) is 29.7 Å². The van der Waals surface area contributed by atoms with E-state index in [1.807, 2.05) is 0 Å². The summed E-state index contributed by atoms with van der Waals surface area (Å²) < 4.78 is 0. The van der Waals surface area contributed by atoms with Gasteiger partial charge in [-0.15, -0.1) is 0 Å². The number of rotatable bonds is 3. The van der Waals surface area contributed by atoms with Gasteiger partial charge < -0.3 is 10.6 Å². The molecule has 0 spiro atoms. The van der Waals surface area contributed by atoms with Crippen molar-refractivity contribution in [3.8, 4) is 0 Å². The van der Waals surface area contributed by atoms with Gasteiger partial charge in [0.1, 0.15) is 0 Å². The van der Waals surface area contributed by atoms with Crippen LogP contribution in [0.25, 0.3) is 0 Å². The van der Waals surface area contributed by atoms with Crippen molar-refractivity contribution >= 4 is 11.4 Å². The van der Waals surface area contributed by atoms with Crippen LogP contribution in [0, 0.1) is 12.8 Å². The zero-order valence-corrected chi connectivity index (χ0v) is 10.6. The van der Waals surface area contributed by atoms with Crippen molar-refractivity contribution in [2.45, 2.75) is 33.6 Å². The molecule has 0 atom stereocenters. The maximum atomic E-state index is 5.98. The number of fused-ring (bicyclic) bond motifs is 1. The molecule has 0 radical (unpaired) electrons. The lowest BCUT2D eigenvalue weighted by molar-refractivity contribution is 0.578. The fourth-order valence-electron chi connectivity index (χ4n) is 2.29. The highest BCUT2D eigenvalue weighted by atomic mass is 15.1. The molecule has 0 amide bonds. The lowest BCUT2D eigenvalue weighted by Crippen LogP contribution is -2.22. The molecule has 16 heavy (non-hydrogen) atoms.